The Hall–Kier alpha value is 5.69. The summed E-state index contributed by atoms with van der Waals surface area (Å²) in [6, 6.07) is 0. The second-order valence-corrected chi connectivity index (χ2v) is 14.2. The molecule has 0 aromatic carbocycles. The van der Waals surface area contributed by atoms with E-state index in [1.165, 1.54) is 0 Å². The van der Waals surface area contributed by atoms with Crippen LogP contribution < -0.4 is 0 Å². The Bertz CT molecular complexity index is 697. The summed E-state index contributed by atoms with van der Waals surface area (Å²) >= 11 is 12.1. The minimum atomic E-state index is 0. The fraction of sp³-hybridized carbons (Fsp3) is 0.846. The van der Waals surface area contributed by atoms with Crippen molar-refractivity contribution < 1.29 is 225 Å². The van der Waals surface area contributed by atoms with Gasteiger partial charge < -0.3 is 28.8 Å². The van der Waals surface area contributed by atoms with E-state index in [0.717, 1.165) is 50.0 Å². The molecule has 0 bridgehead atoms. The van der Waals surface area contributed by atoms with Gasteiger partial charge in [0.1, 0.15) is 0 Å². The van der Waals surface area contributed by atoms with Crippen molar-refractivity contribution in [3.63, 3.8) is 0 Å². The van der Waals surface area contributed by atoms with Crippen molar-refractivity contribution in [2.45, 2.75) is 141 Å². The van der Waals surface area contributed by atoms with Gasteiger partial charge in [0.05, 0.1) is 0 Å². The van der Waals surface area contributed by atoms with Crippen molar-refractivity contribution in [3.8, 4) is 0 Å². The quantitative estimate of drug-likeness (QED) is 0.0783. The van der Waals surface area contributed by atoms with Crippen molar-refractivity contribution in [2.24, 2.45) is 53.3 Å². The van der Waals surface area contributed by atoms with E-state index >= 15 is 0 Å². The molecule has 0 N–H and O–H groups in total. The van der Waals surface area contributed by atoms with Gasteiger partial charge in [-0.1, -0.05) is 139 Å². The molecule has 306 valence electrons. The van der Waals surface area contributed by atoms with Crippen LogP contribution in [-0.2, 0) is 225 Å². The zero-order valence-corrected chi connectivity index (χ0v) is 55.6. The van der Waals surface area contributed by atoms with Gasteiger partial charge in [0.15, 0.2) is 0 Å². The Labute approximate surface area is 502 Å². The molecule has 0 aliphatic rings. The van der Waals surface area contributed by atoms with E-state index in [9.17, 15) is 28.8 Å². The topological polar surface area (TPSA) is 102 Å². The summed E-state index contributed by atoms with van der Waals surface area (Å²) in [7, 11) is 0. The summed E-state index contributed by atoms with van der Waals surface area (Å²) in [5.74, 6) is 5.79. The number of rotatable bonds is 21. The minimum Gasteiger partial charge on any atom is -0.542 e. The van der Waals surface area contributed by atoms with E-state index < -0.39 is 0 Å². The summed E-state index contributed by atoms with van der Waals surface area (Å²) in [6.45, 7) is 24.6. The van der Waals surface area contributed by atoms with Gasteiger partial charge in [0, 0.05) is 196 Å². The van der Waals surface area contributed by atoms with Gasteiger partial charge in [0.2, 0.25) is 0 Å². The fourth-order valence-corrected chi connectivity index (χ4v) is 3.81. The van der Waals surface area contributed by atoms with E-state index in [2.05, 4.69) is 100 Å². The van der Waals surface area contributed by atoms with Crippen LogP contribution >= 0.6 is 37.9 Å². The van der Waals surface area contributed by atoms with E-state index in [1.54, 1.807) is 0 Å². The molecule has 0 aliphatic carbocycles. The maximum atomic E-state index is 9.98. The van der Waals surface area contributed by atoms with Gasteiger partial charge in [-0.15, -0.1) is 30.6 Å². The summed E-state index contributed by atoms with van der Waals surface area (Å²) in [4.78, 5) is 59.1. The zero-order valence-electron chi connectivity index (χ0n) is 35.9. The minimum absolute atomic E-state index is 0. The average molecular weight is 1270 g/mol. The molecule has 6 radical (unpaired) electrons. The molecule has 0 amide bonds. The van der Waals surface area contributed by atoms with E-state index in [0.29, 0.717) is 60.5 Å². The molecule has 0 rings (SSSR count). The zero-order chi connectivity index (χ0) is 38.9. The molecule has 0 heterocycles. The SMILES string of the molecule is CC(C)C(C)C[C-]=O.CC(C)CC(C)[C-]=O.CC(CS)CC[C-]=O.CCC(C)C(C)[C-]=O.CCC(CS)C[C-]=O.CCCC([C-]=O)CS.[Y].[Y].[Y].[Y].[Y].[Y]. The van der Waals surface area contributed by atoms with Crippen LogP contribution in [0.15, 0.2) is 0 Å². The third kappa shape index (κ3) is 85.1. The second kappa shape index (κ2) is 76.0. The van der Waals surface area contributed by atoms with Gasteiger partial charge in [-0.25, -0.2) is 0 Å². The Kier molecular flexibility index (Phi) is 127. The normalized spacial score (nSPS) is 12.6. The van der Waals surface area contributed by atoms with Crippen LogP contribution in [0, 0.1) is 53.3 Å². The van der Waals surface area contributed by atoms with E-state index in [4.69, 9.17) is 0 Å². The summed E-state index contributed by atoms with van der Waals surface area (Å²) in [6.07, 6.45) is 19.1. The molecule has 0 saturated heterocycles. The van der Waals surface area contributed by atoms with E-state index in [-0.39, 0.29) is 214 Å². The third-order valence-electron chi connectivity index (χ3n) is 7.54. The molecular weight excluding hydrogens is 1190 g/mol. The largest absolute Gasteiger partial charge is 0.542 e. The molecular formula is C39H72O6S3Y6-6. The van der Waals surface area contributed by atoms with Crippen LogP contribution in [0.5, 0.6) is 0 Å². The molecule has 0 aromatic rings. The summed E-state index contributed by atoms with van der Waals surface area (Å²) in [5.41, 5.74) is 0. The van der Waals surface area contributed by atoms with E-state index in [1.807, 2.05) is 58.5 Å². The maximum absolute atomic E-state index is 9.98. The Morgan fingerprint density at radius 2 is 1.00 bits per heavy atom. The number of carbonyl (C=O) groups excluding carboxylic acids is 6. The smallest absolute Gasteiger partial charge is 0 e. The Balaban J connectivity index is -0.0000000383. The molecule has 6 nitrogen and oxygen atoms in total. The number of hydrogen-bond donors (Lipinski definition) is 3. The van der Waals surface area contributed by atoms with Crippen LogP contribution in [0.3, 0.4) is 0 Å². The Morgan fingerprint density at radius 3 is 1.15 bits per heavy atom. The number of hydrogen-bond acceptors (Lipinski definition) is 9. The standard InChI is InChI=1S/3C7H13O.3C6H11OS.6Y/c1-6(2)4-7(3)5-8;1-6(2)7(3)4-5-8;1-4-6(2)7(3)5-8;1-6(5-8)3-2-4-7;1-2-6(5-8)3-4-7;1-2-3-6(4-7)5-8;;;;;;/h3*6-7H,4H2,1-3H3;3*6,8H,2-3,5H2,1H3;;;;;;/q6*-1;;;;;;. The van der Waals surface area contributed by atoms with Crippen molar-refractivity contribution in [1.29, 1.82) is 0 Å². The van der Waals surface area contributed by atoms with Gasteiger partial charge in [0.25, 0.3) is 0 Å². The molecule has 0 fully saturated rings. The molecule has 0 spiro atoms. The molecule has 54 heavy (non-hydrogen) atoms. The average Bonchev–Trinajstić information content (AvgIpc) is 3.08. The first-order valence-electron chi connectivity index (χ1n) is 17.6. The molecule has 7 unspecified atom stereocenters. The monoisotopic (exact) mass is 1270 g/mol. The maximum Gasteiger partial charge on any atom is 0 e. The van der Waals surface area contributed by atoms with Crippen molar-refractivity contribution >= 4 is 75.6 Å². The first kappa shape index (κ1) is 90.4. The molecule has 0 aliphatic heterocycles. The van der Waals surface area contributed by atoms with Crippen LogP contribution in [0.2, 0.25) is 0 Å². The first-order valence-corrected chi connectivity index (χ1v) is 19.5. The number of thiol groups is 3. The van der Waals surface area contributed by atoms with Crippen molar-refractivity contribution in [2.75, 3.05) is 17.3 Å². The summed E-state index contributed by atoms with van der Waals surface area (Å²) in [5, 5.41) is 0. The Morgan fingerprint density at radius 1 is 0.519 bits per heavy atom. The van der Waals surface area contributed by atoms with Crippen LogP contribution in [0.25, 0.3) is 0 Å². The van der Waals surface area contributed by atoms with Gasteiger partial charge in [-0.2, -0.15) is 44.3 Å². The first-order chi connectivity index (χ1) is 22.6. The van der Waals surface area contributed by atoms with Crippen molar-refractivity contribution in [3.05, 3.63) is 0 Å². The molecule has 15 heteroatoms. The predicted molar refractivity (Wildman–Crippen MR) is 217 cm³/mol. The second-order valence-electron chi connectivity index (χ2n) is 13.1. The molecule has 7 atom stereocenters. The van der Waals surface area contributed by atoms with Gasteiger partial charge >= 0.3 is 0 Å². The van der Waals surface area contributed by atoms with Crippen molar-refractivity contribution in [1.82, 2.24) is 0 Å². The van der Waals surface area contributed by atoms with Crippen LogP contribution in [0.4, 0.5) is 0 Å². The predicted octanol–water partition coefficient (Wildman–Crippen LogP) is 9.65. The molecule has 0 saturated carbocycles. The molecule has 0 aromatic heterocycles. The summed E-state index contributed by atoms with van der Waals surface area (Å²) < 4.78 is 0. The third-order valence-corrected chi connectivity index (χ3v) is 9.12. The van der Waals surface area contributed by atoms with Crippen LogP contribution in [-0.4, -0.2) is 55.0 Å². The van der Waals surface area contributed by atoms with Gasteiger partial charge in [-0.05, 0) is 35.0 Å². The van der Waals surface area contributed by atoms with Crippen LogP contribution in [0.1, 0.15) is 141 Å². The fourth-order valence-electron chi connectivity index (χ4n) is 2.98. The van der Waals surface area contributed by atoms with Gasteiger partial charge in [-0.3, -0.25) is 37.7 Å².